The number of H-pyrrole nitrogens is 1. The highest BCUT2D eigenvalue weighted by atomic mass is 16.6. The third-order valence-electron chi connectivity index (χ3n) is 4.49. The molecule has 1 amide bonds. The average Bonchev–Trinajstić information content (AvgIpc) is 3.08. The molecular weight excluding hydrogens is 424 g/mol. The first-order valence-electron chi connectivity index (χ1n) is 10.1. The SMILES string of the molecule is Cc1cn([C@H]2C[C@H](N=[N+]=[N-])[C@@H](COC(=O)NCCCC(=O)OC(C)(C)C)O2)c(=O)[nH]c1=O. The second kappa shape index (κ2) is 10.8. The molecule has 1 fully saturated rings. The Kier molecular flexibility index (Phi) is 8.44. The van der Waals surface area contributed by atoms with Crippen molar-refractivity contribution in [2.24, 2.45) is 5.11 Å². The quantitative estimate of drug-likeness (QED) is 0.198. The monoisotopic (exact) mass is 452 g/mol. The molecule has 32 heavy (non-hydrogen) atoms. The lowest BCUT2D eigenvalue weighted by atomic mass is 10.1. The number of amides is 1. The number of aryl methyl sites for hydroxylation is 1. The zero-order valence-corrected chi connectivity index (χ0v) is 18.5. The summed E-state index contributed by atoms with van der Waals surface area (Å²) in [5, 5.41) is 6.17. The number of alkyl carbamates (subject to hydrolysis) is 1. The highest BCUT2D eigenvalue weighted by Gasteiger charge is 2.37. The fraction of sp³-hybridized carbons (Fsp3) is 0.684. The van der Waals surface area contributed by atoms with Crippen LogP contribution in [0.2, 0.25) is 0 Å². The van der Waals surface area contributed by atoms with E-state index in [1.54, 1.807) is 27.7 Å². The van der Waals surface area contributed by atoms with E-state index in [1.807, 2.05) is 0 Å². The van der Waals surface area contributed by atoms with Gasteiger partial charge < -0.3 is 19.5 Å². The van der Waals surface area contributed by atoms with E-state index in [4.69, 9.17) is 19.7 Å². The number of ether oxygens (including phenoxy) is 3. The van der Waals surface area contributed by atoms with Gasteiger partial charge in [0.2, 0.25) is 0 Å². The molecule has 2 rings (SSSR count). The number of hydrogen-bond acceptors (Lipinski definition) is 8. The molecule has 0 spiro atoms. The van der Waals surface area contributed by atoms with Crippen molar-refractivity contribution in [3.8, 4) is 0 Å². The minimum Gasteiger partial charge on any atom is -0.460 e. The largest absolute Gasteiger partial charge is 0.460 e. The van der Waals surface area contributed by atoms with Gasteiger partial charge in [-0.15, -0.1) is 0 Å². The lowest BCUT2D eigenvalue weighted by Crippen LogP contribution is -2.34. The van der Waals surface area contributed by atoms with Gasteiger partial charge in [0.25, 0.3) is 5.56 Å². The molecule has 1 aliphatic rings. The maximum Gasteiger partial charge on any atom is 0.407 e. The van der Waals surface area contributed by atoms with Gasteiger partial charge in [-0.1, -0.05) is 5.11 Å². The predicted octanol–water partition coefficient (Wildman–Crippen LogP) is 1.66. The summed E-state index contributed by atoms with van der Waals surface area (Å²) in [6, 6.07) is -0.677. The van der Waals surface area contributed by atoms with Crippen LogP contribution >= 0.6 is 0 Å². The summed E-state index contributed by atoms with van der Waals surface area (Å²) >= 11 is 0. The third-order valence-corrected chi connectivity index (χ3v) is 4.49. The number of rotatable bonds is 8. The standard InChI is InChI=1S/C19H28N6O7/c1-11-9-25(17(28)22-16(11)27)14-8-12(23-24-20)13(31-14)10-30-18(29)21-7-5-6-15(26)32-19(2,3)4/h9,12-14H,5-8,10H2,1-4H3,(H,21,29)(H,22,27,28)/t12-,13+,14+/m0/s1. The van der Waals surface area contributed by atoms with Crippen LogP contribution in [0.5, 0.6) is 0 Å². The Hall–Kier alpha value is -3.31. The first-order valence-corrected chi connectivity index (χ1v) is 10.1. The van der Waals surface area contributed by atoms with E-state index in [2.05, 4.69) is 20.3 Å². The lowest BCUT2D eigenvalue weighted by molar-refractivity contribution is -0.154. The summed E-state index contributed by atoms with van der Waals surface area (Å²) in [5.41, 5.74) is 7.40. The van der Waals surface area contributed by atoms with Crippen LogP contribution in [-0.2, 0) is 19.0 Å². The molecule has 0 radical (unpaired) electrons. The van der Waals surface area contributed by atoms with Crippen molar-refractivity contribution >= 4 is 12.1 Å². The van der Waals surface area contributed by atoms with Crippen LogP contribution in [0.25, 0.3) is 10.4 Å². The summed E-state index contributed by atoms with van der Waals surface area (Å²) in [5.74, 6) is -0.358. The number of nitrogens with one attached hydrogen (secondary N) is 2. The summed E-state index contributed by atoms with van der Waals surface area (Å²) in [7, 11) is 0. The van der Waals surface area contributed by atoms with Gasteiger partial charge in [0.1, 0.15) is 24.5 Å². The fourth-order valence-corrected chi connectivity index (χ4v) is 3.05. The molecule has 13 heteroatoms. The van der Waals surface area contributed by atoms with E-state index in [0.717, 1.165) is 0 Å². The Morgan fingerprint density at radius 2 is 2.12 bits per heavy atom. The maximum absolute atomic E-state index is 12.1. The molecule has 2 N–H and O–H groups in total. The summed E-state index contributed by atoms with van der Waals surface area (Å²) in [6.07, 6.45) is -0.237. The highest BCUT2D eigenvalue weighted by Crippen LogP contribution is 2.30. The van der Waals surface area contributed by atoms with Gasteiger partial charge >= 0.3 is 17.8 Å². The second-order valence-corrected chi connectivity index (χ2v) is 8.33. The average molecular weight is 452 g/mol. The minimum absolute atomic E-state index is 0.150. The van der Waals surface area contributed by atoms with Crippen LogP contribution in [0.15, 0.2) is 20.9 Å². The topological polar surface area (TPSA) is 177 Å². The van der Waals surface area contributed by atoms with E-state index >= 15 is 0 Å². The molecular formula is C19H28N6O7. The van der Waals surface area contributed by atoms with Crippen molar-refractivity contribution < 1.29 is 23.8 Å². The number of hydrogen-bond donors (Lipinski definition) is 2. The molecule has 1 saturated heterocycles. The van der Waals surface area contributed by atoms with E-state index in [-0.39, 0.29) is 32.0 Å². The third kappa shape index (κ3) is 7.43. The number of aromatic amines is 1. The zero-order valence-electron chi connectivity index (χ0n) is 18.5. The first-order chi connectivity index (χ1) is 15.0. The molecule has 1 aromatic rings. The fourth-order valence-electron chi connectivity index (χ4n) is 3.05. The predicted molar refractivity (Wildman–Crippen MR) is 112 cm³/mol. The minimum atomic E-state index is -0.793. The first kappa shape index (κ1) is 25.0. The van der Waals surface area contributed by atoms with Gasteiger partial charge in [0.15, 0.2) is 0 Å². The molecule has 1 aromatic heterocycles. The highest BCUT2D eigenvalue weighted by molar-refractivity contribution is 5.70. The number of azide groups is 1. The Balaban J connectivity index is 1.85. The van der Waals surface area contributed by atoms with Crippen LogP contribution in [0, 0.1) is 6.92 Å². The maximum atomic E-state index is 12.1. The van der Waals surface area contributed by atoms with Crippen LogP contribution in [0.3, 0.4) is 0 Å². The van der Waals surface area contributed by atoms with Gasteiger partial charge in [-0.05, 0) is 39.6 Å². The van der Waals surface area contributed by atoms with Crippen molar-refractivity contribution in [3.05, 3.63) is 43.0 Å². The van der Waals surface area contributed by atoms with Crippen molar-refractivity contribution in [1.82, 2.24) is 14.9 Å². The molecule has 176 valence electrons. The van der Waals surface area contributed by atoms with Gasteiger partial charge in [-0.3, -0.25) is 19.1 Å². The van der Waals surface area contributed by atoms with Crippen LogP contribution < -0.4 is 16.6 Å². The molecule has 13 nitrogen and oxygen atoms in total. The number of esters is 1. The second-order valence-electron chi connectivity index (χ2n) is 8.33. The molecule has 0 bridgehead atoms. The van der Waals surface area contributed by atoms with Gasteiger partial charge in [-0.25, -0.2) is 9.59 Å². The molecule has 0 aliphatic carbocycles. The van der Waals surface area contributed by atoms with Crippen molar-refractivity contribution in [2.75, 3.05) is 13.2 Å². The number of carbonyl (C=O) groups excluding carboxylic acids is 2. The van der Waals surface area contributed by atoms with Crippen LogP contribution in [-0.4, -0.2) is 52.5 Å². The Morgan fingerprint density at radius 3 is 2.78 bits per heavy atom. The van der Waals surface area contributed by atoms with E-state index in [0.29, 0.717) is 12.0 Å². The van der Waals surface area contributed by atoms with Crippen molar-refractivity contribution in [1.29, 1.82) is 0 Å². The molecule has 0 saturated carbocycles. The lowest BCUT2D eigenvalue weighted by Gasteiger charge is -2.19. The number of nitrogens with zero attached hydrogens (tertiary/aromatic N) is 4. The van der Waals surface area contributed by atoms with E-state index in [1.165, 1.54) is 10.8 Å². The summed E-state index contributed by atoms with van der Waals surface area (Å²) < 4.78 is 17.3. The van der Waals surface area contributed by atoms with Crippen LogP contribution in [0.4, 0.5) is 4.79 Å². The summed E-state index contributed by atoms with van der Waals surface area (Å²) in [6.45, 7) is 6.85. The molecule has 3 atom stereocenters. The molecule has 1 aliphatic heterocycles. The zero-order chi connectivity index (χ0) is 23.9. The number of aromatic nitrogens is 2. The van der Waals surface area contributed by atoms with Gasteiger partial charge in [-0.2, -0.15) is 0 Å². The number of carbonyl (C=O) groups is 2. The molecule has 0 unspecified atom stereocenters. The van der Waals surface area contributed by atoms with Crippen molar-refractivity contribution in [2.45, 2.75) is 70.9 Å². The normalized spacial score (nSPS) is 20.3. The smallest absolute Gasteiger partial charge is 0.407 e. The van der Waals surface area contributed by atoms with Gasteiger partial charge in [0, 0.05) is 36.1 Å². The van der Waals surface area contributed by atoms with Gasteiger partial charge in [0.05, 0.1) is 6.04 Å². The van der Waals surface area contributed by atoms with E-state index < -0.39 is 41.3 Å². The Morgan fingerprint density at radius 1 is 1.41 bits per heavy atom. The van der Waals surface area contributed by atoms with Crippen LogP contribution in [0.1, 0.15) is 51.8 Å². The molecule has 2 heterocycles. The molecule has 0 aromatic carbocycles. The summed E-state index contributed by atoms with van der Waals surface area (Å²) in [4.78, 5) is 52.2. The van der Waals surface area contributed by atoms with E-state index in [9.17, 15) is 19.2 Å². The Labute approximate surface area is 183 Å². The van der Waals surface area contributed by atoms with Crippen molar-refractivity contribution in [3.63, 3.8) is 0 Å². The Bertz CT molecular complexity index is 989.